The van der Waals surface area contributed by atoms with E-state index in [2.05, 4.69) is 9.98 Å². The number of aryl methyl sites for hydroxylation is 1. The number of pyridine rings is 1. The lowest BCUT2D eigenvalue weighted by Gasteiger charge is -2.12. The molecule has 1 aliphatic heterocycles. The summed E-state index contributed by atoms with van der Waals surface area (Å²) in [5.41, 5.74) is 11.6. The van der Waals surface area contributed by atoms with E-state index in [0.717, 1.165) is 33.8 Å². The van der Waals surface area contributed by atoms with Gasteiger partial charge in [-0.25, -0.2) is 0 Å². The van der Waals surface area contributed by atoms with E-state index < -0.39 is 0 Å². The largest absolute Gasteiger partial charge is 0.398 e. The molecule has 1 aromatic heterocycles. The number of fused-ring (bicyclic) bond motifs is 1. The van der Waals surface area contributed by atoms with E-state index >= 15 is 0 Å². The Kier molecular flexibility index (Phi) is 3.28. The first-order chi connectivity index (χ1) is 9.66. The summed E-state index contributed by atoms with van der Waals surface area (Å²) in [7, 11) is 0. The second-order valence-corrected chi connectivity index (χ2v) is 5.15. The minimum Gasteiger partial charge on any atom is -0.398 e. The Balaban J connectivity index is 2.20. The van der Waals surface area contributed by atoms with Gasteiger partial charge in [-0.3, -0.25) is 9.98 Å². The fraction of sp³-hybridized carbons (Fsp3) is 0.125. The minimum atomic E-state index is 0.555. The minimum absolute atomic E-state index is 0.555. The standard InChI is InChI=1S/C16H14ClN3/c1-10-8-11(17)9-20-15(10)16-13-5-3-2-4-12(13)14(18)6-7-19-16/h2-6,8-9H,7,18H2,1H3. The molecule has 0 spiro atoms. The number of aromatic nitrogens is 1. The van der Waals surface area contributed by atoms with E-state index in [4.69, 9.17) is 17.3 Å². The SMILES string of the molecule is Cc1cc(Cl)cnc1C1=NCC=C(N)c2ccccc21. The van der Waals surface area contributed by atoms with Crippen LogP contribution in [0.4, 0.5) is 0 Å². The predicted octanol–water partition coefficient (Wildman–Crippen LogP) is 3.19. The third-order valence-electron chi connectivity index (χ3n) is 3.32. The summed E-state index contributed by atoms with van der Waals surface area (Å²) >= 11 is 5.98. The van der Waals surface area contributed by atoms with Gasteiger partial charge in [0, 0.05) is 23.0 Å². The van der Waals surface area contributed by atoms with Crippen LogP contribution >= 0.6 is 11.6 Å². The molecule has 0 radical (unpaired) electrons. The van der Waals surface area contributed by atoms with Crippen molar-refractivity contribution in [3.63, 3.8) is 0 Å². The number of hydrogen-bond donors (Lipinski definition) is 1. The molecule has 20 heavy (non-hydrogen) atoms. The zero-order valence-electron chi connectivity index (χ0n) is 11.1. The van der Waals surface area contributed by atoms with Crippen LogP contribution in [0.3, 0.4) is 0 Å². The van der Waals surface area contributed by atoms with Crippen molar-refractivity contribution in [3.8, 4) is 0 Å². The molecule has 4 heteroatoms. The smallest absolute Gasteiger partial charge is 0.0918 e. The van der Waals surface area contributed by atoms with Gasteiger partial charge in [-0.1, -0.05) is 35.9 Å². The number of nitrogens with two attached hydrogens (primary N) is 1. The zero-order chi connectivity index (χ0) is 14.1. The van der Waals surface area contributed by atoms with Crippen molar-refractivity contribution in [2.24, 2.45) is 10.7 Å². The lowest BCUT2D eigenvalue weighted by molar-refractivity contribution is 1.19. The van der Waals surface area contributed by atoms with Crippen molar-refractivity contribution in [2.75, 3.05) is 6.54 Å². The maximum atomic E-state index is 6.10. The molecule has 3 nitrogen and oxygen atoms in total. The molecular formula is C16H14ClN3. The molecule has 2 N–H and O–H groups in total. The van der Waals surface area contributed by atoms with Gasteiger partial charge in [0.05, 0.1) is 23.0 Å². The normalized spacial score (nSPS) is 14.1. The van der Waals surface area contributed by atoms with Crippen molar-refractivity contribution >= 4 is 23.0 Å². The van der Waals surface area contributed by atoms with Crippen LogP contribution in [-0.2, 0) is 0 Å². The van der Waals surface area contributed by atoms with Gasteiger partial charge in [0.25, 0.3) is 0 Å². The highest BCUT2D eigenvalue weighted by atomic mass is 35.5. The van der Waals surface area contributed by atoms with Gasteiger partial charge in [-0.15, -0.1) is 0 Å². The highest BCUT2D eigenvalue weighted by molar-refractivity contribution is 6.30. The van der Waals surface area contributed by atoms with Crippen LogP contribution in [0.25, 0.3) is 5.70 Å². The Hall–Kier alpha value is -2.13. The molecule has 0 fully saturated rings. The van der Waals surface area contributed by atoms with E-state index in [-0.39, 0.29) is 0 Å². The molecule has 3 rings (SSSR count). The number of rotatable bonds is 1. The fourth-order valence-electron chi connectivity index (χ4n) is 2.36. The highest BCUT2D eigenvalue weighted by Crippen LogP contribution is 2.23. The van der Waals surface area contributed by atoms with Gasteiger partial charge in [0.15, 0.2) is 0 Å². The second kappa shape index (κ2) is 5.10. The van der Waals surface area contributed by atoms with Crippen LogP contribution < -0.4 is 5.73 Å². The maximum absolute atomic E-state index is 6.10. The third-order valence-corrected chi connectivity index (χ3v) is 3.53. The molecule has 0 aliphatic carbocycles. The van der Waals surface area contributed by atoms with Gasteiger partial charge < -0.3 is 5.73 Å². The van der Waals surface area contributed by atoms with Crippen LogP contribution in [0.15, 0.2) is 47.6 Å². The van der Waals surface area contributed by atoms with Crippen molar-refractivity contribution in [1.29, 1.82) is 0 Å². The Morgan fingerprint density at radius 1 is 1.20 bits per heavy atom. The first-order valence-electron chi connectivity index (χ1n) is 6.39. The van der Waals surface area contributed by atoms with Crippen LogP contribution in [0.5, 0.6) is 0 Å². The average molecular weight is 284 g/mol. The molecule has 2 heterocycles. The number of aliphatic imine (C=N–C) groups is 1. The van der Waals surface area contributed by atoms with Gasteiger partial charge in [-0.2, -0.15) is 0 Å². The molecule has 1 aromatic carbocycles. The Bertz CT molecular complexity index is 732. The summed E-state index contributed by atoms with van der Waals surface area (Å²) in [6.07, 6.45) is 3.58. The molecule has 0 saturated carbocycles. The van der Waals surface area contributed by atoms with Gasteiger partial charge in [0.2, 0.25) is 0 Å². The quantitative estimate of drug-likeness (QED) is 0.874. The highest BCUT2D eigenvalue weighted by Gasteiger charge is 2.17. The summed E-state index contributed by atoms with van der Waals surface area (Å²) < 4.78 is 0. The maximum Gasteiger partial charge on any atom is 0.0918 e. The van der Waals surface area contributed by atoms with Crippen molar-refractivity contribution in [3.05, 3.63) is 70.0 Å². The number of benzene rings is 1. The van der Waals surface area contributed by atoms with Crippen molar-refractivity contribution < 1.29 is 0 Å². The molecular weight excluding hydrogens is 270 g/mol. The molecule has 2 aromatic rings. The zero-order valence-corrected chi connectivity index (χ0v) is 11.9. The van der Waals surface area contributed by atoms with Crippen molar-refractivity contribution in [1.82, 2.24) is 4.98 Å². The van der Waals surface area contributed by atoms with Crippen LogP contribution in [-0.4, -0.2) is 17.2 Å². The number of nitrogens with zero attached hydrogens (tertiary/aromatic N) is 2. The molecule has 0 saturated heterocycles. The van der Waals surface area contributed by atoms with Gasteiger partial charge >= 0.3 is 0 Å². The topological polar surface area (TPSA) is 51.3 Å². The van der Waals surface area contributed by atoms with Gasteiger partial charge in [-0.05, 0) is 24.6 Å². The molecule has 1 aliphatic rings. The van der Waals surface area contributed by atoms with Crippen LogP contribution in [0.2, 0.25) is 5.02 Å². The summed E-state index contributed by atoms with van der Waals surface area (Å²) in [6, 6.07) is 9.89. The number of halogens is 1. The van der Waals surface area contributed by atoms with Crippen LogP contribution in [0, 0.1) is 6.92 Å². The molecule has 0 unspecified atom stereocenters. The Morgan fingerprint density at radius 3 is 2.70 bits per heavy atom. The monoisotopic (exact) mass is 283 g/mol. The van der Waals surface area contributed by atoms with Crippen LogP contribution in [0.1, 0.15) is 22.4 Å². The first kappa shape index (κ1) is 12.9. The van der Waals surface area contributed by atoms with Crippen molar-refractivity contribution in [2.45, 2.75) is 6.92 Å². The average Bonchev–Trinajstić information content (AvgIpc) is 2.60. The Morgan fingerprint density at radius 2 is 1.95 bits per heavy atom. The predicted molar refractivity (Wildman–Crippen MR) is 83.1 cm³/mol. The molecule has 0 atom stereocenters. The van der Waals surface area contributed by atoms with E-state index in [9.17, 15) is 0 Å². The summed E-state index contributed by atoms with van der Waals surface area (Å²) in [5.74, 6) is 0. The molecule has 0 amide bonds. The lowest BCUT2D eigenvalue weighted by atomic mass is 9.97. The first-order valence-corrected chi connectivity index (χ1v) is 6.77. The lowest BCUT2D eigenvalue weighted by Crippen LogP contribution is -2.11. The van der Waals surface area contributed by atoms with Gasteiger partial charge in [0.1, 0.15) is 0 Å². The molecule has 0 bridgehead atoms. The Labute approximate surface area is 122 Å². The summed E-state index contributed by atoms with van der Waals surface area (Å²) in [4.78, 5) is 9.07. The third kappa shape index (κ3) is 2.21. The summed E-state index contributed by atoms with van der Waals surface area (Å²) in [6.45, 7) is 2.54. The fourth-order valence-corrected chi connectivity index (χ4v) is 2.58. The van der Waals surface area contributed by atoms with E-state index in [1.54, 1.807) is 6.20 Å². The van der Waals surface area contributed by atoms with E-state index in [0.29, 0.717) is 11.6 Å². The van der Waals surface area contributed by atoms with E-state index in [1.807, 2.05) is 43.3 Å². The second-order valence-electron chi connectivity index (χ2n) is 4.71. The molecule has 100 valence electrons. The van der Waals surface area contributed by atoms with E-state index in [1.165, 1.54) is 0 Å². The number of hydrogen-bond acceptors (Lipinski definition) is 3. The summed E-state index contributed by atoms with van der Waals surface area (Å²) in [5, 5.41) is 0.631.